The fourth-order valence-electron chi connectivity index (χ4n) is 1.86. The Balaban J connectivity index is 1.74. The molecule has 0 saturated heterocycles. The van der Waals surface area contributed by atoms with Crippen LogP contribution in [0, 0.1) is 5.82 Å². The first kappa shape index (κ1) is 17.9. The molecule has 25 heavy (non-hydrogen) atoms. The maximum absolute atomic E-state index is 13.4. The number of nitrogens with one attached hydrogen (secondary N) is 2. The van der Waals surface area contributed by atoms with Crippen molar-refractivity contribution in [3.05, 3.63) is 59.9 Å². The SMILES string of the molecule is O=C(COC(=O)Cc1ccc(O)cc1)NC(=O)Nc1ccccc1F. The molecule has 0 bridgehead atoms. The number of para-hydroxylation sites is 1. The van der Waals surface area contributed by atoms with Gasteiger partial charge in [-0.2, -0.15) is 0 Å². The summed E-state index contributed by atoms with van der Waals surface area (Å²) in [4.78, 5) is 34.7. The second-order valence-corrected chi connectivity index (χ2v) is 4.99. The number of hydrogen-bond donors (Lipinski definition) is 3. The Hall–Kier alpha value is -3.42. The summed E-state index contributed by atoms with van der Waals surface area (Å²) in [5.74, 6) is -2.11. The molecular weight excluding hydrogens is 331 g/mol. The second-order valence-electron chi connectivity index (χ2n) is 4.99. The largest absolute Gasteiger partial charge is 0.508 e. The molecule has 130 valence electrons. The number of anilines is 1. The summed E-state index contributed by atoms with van der Waals surface area (Å²) in [7, 11) is 0. The number of benzene rings is 2. The lowest BCUT2D eigenvalue weighted by molar-refractivity contribution is -0.147. The number of carbonyl (C=O) groups excluding carboxylic acids is 3. The predicted molar refractivity (Wildman–Crippen MR) is 86.3 cm³/mol. The number of imide groups is 1. The minimum absolute atomic E-state index is 0.0670. The van der Waals surface area contributed by atoms with E-state index in [1.807, 2.05) is 5.32 Å². The minimum atomic E-state index is -0.940. The zero-order chi connectivity index (χ0) is 18.2. The topological polar surface area (TPSA) is 105 Å². The summed E-state index contributed by atoms with van der Waals surface area (Å²) in [6, 6.07) is 10.4. The van der Waals surface area contributed by atoms with Gasteiger partial charge in [-0.3, -0.25) is 14.9 Å². The Morgan fingerprint density at radius 1 is 1.04 bits per heavy atom. The molecule has 0 saturated carbocycles. The fourth-order valence-corrected chi connectivity index (χ4v) is 1.86. The van der Waals surface area contributed by atoms with Crippen LogP contribution < -0.4 is 10.6 Å². The third kappa shape index (κ3) is 5.94. The normalized spacial score (nSPS) is 9.96. The van der Waals surface area contributed by atoms with Crippen molar-refractivity contribution in [1.29, 1.82) is 0 Å². The van der Waals surface area contributed by atoms with E-state index in [0.717, 1.165) is 6.07 Å². The van der Waals surface area contributed by atoms with Crippen molar-refractivity contribution in [2.75, 3.05) is 11.9 Å². The van der Waals surface area contributed by atoms with Gasteiger partial charge in [0.05, 0.1) is 12.1 Å². The van der Waals surface area contributed by atoms with Crippen LogP contribution >= 0.6 is 0 Å². The Kier molecular flexibility index (Phi) is 6.05. The van der Waals surface area contributed by atoms with Gasteiger partial charge in [0.25, 0.3) is 5.91 Å². The highest BCUT2D eigenvalue weighted by atomic mass is 19.1. The number of ether oxygens (including phenoxy) is 1. The van der Waals surface area contributed by atoms with Crippen molar-refractivity contribution in [3.63, 3.8) is 0 Å². The molecule has 0 unspecified atom stereocenters. The Morgan fingerprint density at radius 2 is 1.72 bits per heavy atom. The standard InChI is InChI=1S/C17H15FN2O5/c18-13-3-1-2-4-14(13)19-17(24)20-15(22)10-25-16(23)9-11-5-7-12(21)8-6-11/h1-8,21H,9-10H2,(H2,19,20,22,24). The number of carbonyl (C=O) groups is 3. The van der Waals surface area contributed by atoms with E-state index in [1.54, 1.807) is 12.1 Å². The smallest absolute Gasteiger partial charge is 0.326 e. The first-order valence-electron chi connectivity index (χ1n) is 7.23. The molecule has 7 nitrogen and oxygen atoms in total. The van der Waals surface area contributed by atoms with E-state index in [2.05, 4.69) is 5.32 Å². The Bertz CT molecular complexity index is 777. The van der Waals surface area contributed by atoms with Gasteiger partial charge in [0, 0.05) is 0 Å². The van der Waals surface area contributed by atoms with Crippen molar-refractivity contribution in [2.45, 2.75) is 6.42 Å². The van der Waals surface area contributed by atoms with Crippen molar-refractivity contribution in [3.8, 4) is 5.75 Å². The van der Waals surface area contributed by atoms with Gasteiger partial charge in [0.15, 0.2) is 6.61 Å². The average molecular weight is 346 g/mol. The van der Waals surface area contributed by atoms with Crippen molar-refractivity contribution < 1.29 is 28.6 Å². The van der Waals surface area contributed by atoms with Crippen molar-refractivity contribution in [1.82, 2.24) is 5.32 Å². The van der Waals surface area contributed by atoms with Gasteiger partial charge in [-0.15, -0.1) is 0 Å². The molecular formula is C17H15FN2O5. The number of phenolic OH excluding ortho intramolecular Hbond substituents is 1. The van der Waals surface area contributed by atoms with Gasteiger partial charge in [-0.05, 0) is 29.8 Å². The number of esters is 1. The van der Waals surface area contributed by atoms with Crippen LogP contribution in [0.25, 0.3) is 0 Å². The first-order valence-corrected chi connectivity index (χ1v) is 7.23. The van der Waals surface area contributed by atoms with Gasteiger partial charge < -0.3 is 15.2 Å². The molecule has 0 spiro atoms. The van der Waals surface area contributed by atoms with Crippen LogP contribution in [0.3, 0.4) is 0 Å². The van der Waals surface area contributed by atoms with E-state index in [4.69, 9.17) is 9.84 Å². The van der Waals surface area contributed by atoms with Crippen LogP contribution in [0.1, 0.15) is 5.56 Å². The van der Waals surface area contributed by atoms with Gasteiger partial charge in [-0.25, -0.2) is 9.18 Å². The molecule has 2 aromatic carbocycles. The van der Waals surface area contributed by atoms with Crippen LogP contribution in [-0.2, 0) is 20.7 Å². The molecule has 0 aliphatic heterocycles. The lowest BCUT2D eigenvalue weighted by Crippen LogP contribution is -2.37. The Morgan fingerprint density at radius 3 is 2.40 bits per heavy atom. The Labute approximate surface area is 142 Å². The maximum Gasteiger partial charge on any atom is 0.326 e. The highest BCUT2D eigenvalue weighted by Gasteiger charge is 2.12. The van der Waals surface area contributed by atoms with Crippen molar-refractivity contribution >= 4 is 23.6 Å². The monoisotopic (exact) mass is 346 g/mol. The van der Waals surface area contributed by atoms with Gasteiger partial charge >= 0.3 is 12.0 Å². The lowest BCUT2D eigenvalue weighted by Gasteiger charge is -2.08. The molecule has 2 aromatic rings. The van der Waals surface area contributed by atoms with Gasteiger partial charge in [0.1, 0.15) is 11.6 Å². The molecule has 2 rings (SSSR count). The van der Waals surface area contributed by atoms with E-state index >= 15 is 0 Å². The highest BCUT2D eigenvalue weighted by molar-refractivity contribution is 6.01. The second kappa shape index (κ2) is 8.44. The number of phenols is 1. The third-order valence-corrected chi connectivity index (χ3v) is 3.02. The number of aromatic hydroxyl groups is 1. The molecule has 3 amide bonds. The van der Waals surface area contributed by atoms with Gasteiger partial charge in [-0.1, -0.05) is 24.3 Å². The molecule has 0 atom stereocenters. The summed E-state index contributed by atoms with van der Waals surface area (Å²) in [5, 5.41) is 13.2. The van der Waals surface area contributed by atoms with Crippen LogP contribution in [0.15, 0.2) is 48.5 Å². The summed E-state index contributed by atoms with van der Waals surface area (Å²) >= 11 is 0. The van der Waals surface area contributed by atoms with Crippen LogP contribution in [0.5, 0.6) is 5.75 Å². The number of amides is 3. The predicted octanol–water partition coefficient (Wildman–Crippen LogP) is 1.97. The summed E-state index contributed by atoms with van der Waals surface area (Å²) < 4.78 is 18.1. The van der Waals surface area contributed by atoms with E-state index < -0.39 is 30.3 Å². The molecule has 0 aliphatic carbocycles. The first-order chi connectivity index (χ1) is 11.9. The highest BCUT2D eigenvalue weighted by Crippen LogP contribution is 2.12. The van der Waals surface area contributed by atoms with Crippen LogP contribution in [0.2, 0.25) is 0 Å². The van der Waals surface area contributed by atoms with E-state index in [-0.39, 0.29) is 17.9 Å². The number of rotatable bonds is 5. The summed E-state index contributed by atoms with van der Waals surface area (Å²) in [5.41, 5.74) is 0.512. The van der Waals surface area contributed by atoms with Gasteiger partial charge in [0.2, 0.25) is 0 Å². The van der Waals surface area contributed by atoms with Crippen LogP contribution in [0.4, 0.5) is 14.9 Å². The van der Waals surface area contributed by atoms with Crippen LogP contribution in [-0.4, -0.2) is 29.6 Å². The molecule has 0 radical (unpaired) electrons. The lowest BCUT2D eigenvalue weighted by atomic mass is 10.1. The quantitative estimate of drug-likeness (QED) is 0.718. The fraction of sp³-hybridized carbons (Fsp3) is 0.118. The molecule has 0 aliphatic rings. The maximum atomic E-state index is 13.4. The minimum Gasteiger partial charge on any atom is -0.508 e. The average Bonchev–Trinajstić information content (AvgIpc) is 2.57. The summed E-state index contributed by atoms with van der Waals surface area (Å²) in [6.07, 6.45) is -0.0883. The molecule has 0 fully saturated rings. The number of halogens is 1. The number of hydrogen-bond acceptors (Lipinski definition) is 5. The van der Waals surface area contributed by atoms with E-state index in [9.17, 15) is 18.8 Å². The molecule has 0 heterocycles. The van der Waals surface area contributed by atoms with E-state index in [0.29, 0.717) is 5.56 Å². The summed E-state index contributed by atoms with van der Waals surface area (Å²) in [6.45, 7) is -0.651. The molecule has 0 aromatic heterocycles. The zero-order valence-corrected chi connectivity index (χ0v) is 13.0. The molecule has 3 N–H and O–H groups in total. The number of urea groups is 1. The van der Waals surface area contributed by atoms with Crippen molar-refractivity contribution in [2.24, 2.45) is 0 Å². The zero-order valence-electron chi connectivity index (χ0n) is 13.0. The molecule has 8 heteroatoms. The van der Waals surface area contributed by atoms with E-state index in [1.165, 1.54) is 30.3 Å². The third-order valence-electron chi connectivity index (χ3n) is 3.02.